The molecule has 0 aromatic heterocycles. The van der Waals surface area contributed by atoms with Crippen LogP contribution in [0.15, 0.2) is 0 Å². The van der Waals surface area contributed by atoms with Crippen molar-refractivity contribution < 1.29 is 34.5 Å². The summed E-state index contributed by atoms with van der Waals surface area (Å²) in [4.78, 5) is 47.1. The maximum Gasteiger partial charge on any atom is 0.326 e. The molecular formula is C15H28N4O7S. The number of aliphatic hydroxyl groups excluding tert-OH is 2. The molecule has 0 radical (unpaired) electrons. The smallest absolute Gasteiger partial charge is 0.326 e. The van der Waals surface area contributed by atoms with E-state index in [9.17, 15) is 29.4 Å². The molecule has 0 bridgehead atoms. The van der Waals surface area contributed by atoms with Gasteiger partial charge in [-0.1, -0.05) is 0 Å². The van der Waals surface area contributed by atoms with Crippen molar-refractivity contribution in [3.05, 3.63) is 0 Å². The lowest BCUT2D eigenvalue weighted by Crippen LogP contribution is -2.58. The predicted molar refractivity (Wildman–Crippen MR) is 98.8 cm³/mol. The fourth-order valence-electron chi connectivity index (χ4n) is 1.85. The van der Waals surface area contributed by atoms with Gasteiger partial charge >= 0.3 is 5.97 Å². The van der Waals surface area contributed by atoms with Crippen molar-refractivity contribution >= 4 is 35.5 Å². The van der Waals surface area contributed by atoms with E-state index in [1.807, 2.05) is 0 Å². The molecule has 27 heavy (non-hydrogen) atoms. The van der Waals surface area contributed by atoms with Gasteiger partial charge in [0.15, 0.2) is 0 Å². The number of thioether (sulfide) groups is 1. The fraction of sp³-hybridized carbons (Fsp3) is 0.733. The van der Waals surface area contributed by atoms with Crippen molar-refractivity contribution in [3.8, 4) is 0 Å². The van der Waals surface area contributed by atoms with Gasteiger partial charge in [0.05, 0.1) is 12.7 Å². The summed E-state index contributed by atoms with van der Waals surface area (Å²) in [7, 11) is 0. The highest BCUT2D eigenvalue weighted by atomic mass is 32.2. The van der Waals surface area contributed by atoms with Gasteiger partial charge in [0, 0.05) is 0 Å². The highest BCUT2D eigenvalue weighted by Gasteiger charge is 2.28. The summed E-state index contributed by atoms with van der Waals surface area (Å²) in [6, 6.07) is -4.88. The number of hydrogen-bond donors (Lipinski definition) is 7. The maximum atomic E-state index is 12.1. The zero-order valence-corrected chi connectivity index (χ0v) is 16.3. The van der Waals surface area contributed by atoms with Crippen LogP contribution < -0.4 is 21.7 Å². The van der Waals surface area contributed by atoms with E-state index in [1.54, 1.807) is 6.26 Å². The number of rotatable bonds is 12. The molecule has 0 spiro atoms. The lowest BCUT2D eigenvalue weighted by Gasteiger charge is -2.23. The number of carboxylic acid groups (broad SMARTS) is 1. The van der Waals surface area contributed by atoms with Crippen LogP contribution in [-0.2, 0) is 19.2 Å². The van der Waals surface area contributed by atoms with E-state index in [0.717, 1.165) is 0 Å². The number of aliphatic hydroxyl groups is 2. The fourth-order valence-corrected chi connectivity index (χ4v) is 2.32. The normalized spacial score (nSPS) is 16.4. The number of carbonyl (C=O) groups is 4. The van der Waals surface area contributed by atoms with Crippen molar-refractivity contribution in [3.63, 3.8) is 0 Å². The molecule has 0 aromatic rings. The third-order valence-electron chi connectivity index (χ3n) is 3.62. The molecule has 11 nitrogen and oxygen atoms in total. The molecule has 0 aliphatic rings. The standard InChI is InChI=1S/C15H28N4O7S/c1-7(12(22)18-9(15(25)26)4-5-27-3)17-13(23)10(6-20)19-14(24)11(16)8(2)21/h7-11,20-21H,4-6,16H2,1-3H3,(H,17,23)(H,18,22)(H,19,24)(H,25,26). The van der Waals surface area contributed by atoms with Crippen LogP contribution in [0.1, 0.15) is 20.3 Å². The van der Waals surface area contributed by atoms with Gasteiger partial charge in [-0.3, -0.25) is 14.4 Å². The summed E-state index contributed by atoms with van der Waals surface area (Å²) in [5.41, 5.74) is 5.44. The molecule has 0 fully saturated rings. The van der Waals surface area contributed by atoms with Crippen LogP contribution in [0.3, 0.4) is 0 Å². The summed E-state index contributed by atoms with van der Waals surface area (Å²) >= 11 is 1.43. The molecule has 5 unspecified atom stereocenters. The highest BCUT2D eigenvalue weighted by Crippen LogP contribution is 2.02. The first-order valence-corrected chi connectivity index (χ1v) is 9.61. The van der Waals surface area contributed by atoms with Crippen molar-refractivity contribution in [2.24, 2.45) is 5.73 Å². The summed E-state index contributed by atoms with van der Waals surface area (Å²) < 4.78 is 0. The summed E-state index contributed by atoms with van der Waals surface area (Å²) in [5.74, 6) is -3.09. The zero-order chi connectivity index (χ0) is 21.1. The van der Waals surface area contributed by atoms with E-state index in [2.05, 4.69) is 16.0 Å². The van der Waals surface area contributed by atoms with Gasteiger partial charge < -0.3 is 37.0 Å². The van der Waals surface area contributed by atoms with Crippen LogP contribution in [0.2, 0.25) is 0 Å². The molecule has 8 N–H and O–H groups in total. The zero-order valence-electron chi connectivity index (χ0n) is 15.5. The van der Waals surface area contributed by atoms with Gasteiger partial charge in [0.2, 0.25) is 17.7 Å². The molecular weight excluding hydrogens is 380 g/mol. The van der Waals surface area contributed by atoms with Crippen molar-refractivity contribution in [2.75, 3.05) is 18.6 Å². The van der Waals surface area contributed by atoms with E-state index in [1.165, 1.54) is 25.6 Å². The molecule has 5 atom stereocenters. The Morgan fingerprint density at radius 1 is 1.00 bits per heavy atom. The van der Waals surface area contributed by atoms with Crippen LogP contribution in [0, 0.1) is 0 Å². The van der Waals surface area contributed by atoms with Crippen LogP contribution >= 0.6 is 11.8 Å². The Morgan fingerprint density at radius 3 is 2.00 bits per heavy atom. The Hall–Kier alpha value is -1.89. The minimum Gasteiger partial charge on any atom is -0.480 e. The second kappa shape index (κ2) is 12.5. The topological polar surface area (TPSA) is 191 Å². The molecule has 3 amide bonds. The van der Waals surface area contributed by atoms with E-state index < -0.39 is 60.6 Å². The molecule has 156 valence electrons. The number of amides is 3. The SMILES string of the molecule is CSCCC(NC(=O)C(C)NC(=O)C(CO)NC(=O)C(N)C(C)O)C(=O)O. The molecule has 0 aromatic carbocycles. The van der Waals surface area contributed by atoms with Crippen LogP contribution in [0.25, 0.3) is 0 Å². The molecule has 0 heterocycles. The van der Waals surface area contributed by atoms with Crippen LogP contribution in [0.5, 0.6) is 0 Å². The lowest BCUT2D eigenvalue weighted by molar-refractivity contribution is -0.142. The average Bonchev–Trinajstić information content (AvgIpc) is 2.61. The number of carbonyl (C=O) groups excluding carboxylic acids is 3. The van der Waals surface area contributed by atoms with Crippen LogP contribution in [0.4, 0.5) is 0 Å². The van der Waals surface area contributed by atoms with Gasteiger partial charge in [-0.2, -0.15) is 11.8 Å². The Balaban J connectivity index is 4.77. The number of carboxylic acids is 1. The van der Waals surface area contributed by atoms with Gasteiger partial charge in [-0.15, -0.1) is 0 Å². The minimum atomic E-state index is -1.38. The third-order valence-corrected chi connectivity index (χ3v) is 4.26. The summed E-state index contributed by atoms with van der Waals surface area (Å²) in [6.45, 7) is 1.86. The number of aliphatic carboxylic acids is 1. The monoisotopic (exact) mass is 408 g/mol. The second-order valence-corrected chi connectivity index (χ2v) is 6.91. The van der Waals surface area contributed by atoms with Crippen molar-refractivity contribution in [2.45, 2.75) is 50.5 Å². The Bertz CT molecular complexity index is 532. The van der Waals surface area contributed by atoms with Crippen molar-refractivity contribution in [1.29, 1.82) is 0 Å². The largest absolute Gasteiger partial charge is 0.480 e. The Labute approximate surface area is 161 Å². The van der Waals surface area contributed by atoms with Gasteiger partial charge in [-0.25, -0.2) is 4.79 Å². The number of hydrogen-bond acceptors (Lipinski definition) is 8. The molecule has 12 heteroatoms. The van der Waals surface area contributed by atoms with E-state index in [0.29, 0.717) is 5.75 Å². The second-order valence-electron chi connectivity index (χ2n) is 5.92. The van der Waals surface area contributed by atoms with Gasteiger partial charge in [0.25, 0.3) is 0 Å². The quantitative estimate of drug-likeness (QED) is 0.176. The van der Waals surface area contributed by atoms with E-state index >= 15 is 0 Å². The Morgan fingerprint density at radius 2 is 1.56 bits per heavy atom. The maximum absolute atomic E-state index is 12.1. The third kappa shape index (κ3) is 9.04. The molecule has 0 aliphatic carbocycles. The van der Waals surface area contributed by atoms with Gasteiger partial charge in [-0.05, 0) is 32.3 Å². The predicted octanol–water partition coefficient (Wildman–Crippen LogP) is -3.00. The summed E-state index contributed by atoms with van der Waals surface area (Å²) in [6.07, 6.45) is 0.859. The first-order valence-electron chi connectivity index (χ1n) is 8.22. The molecule has 0 saturated carbocycles. The first-order chi connectivity index (χ1) is 12.5. The number of nitrogens with one attached hydrogen (secondary N) is 3. The lowest BCUT2D eigenvalue weighted by atomic mass is 10.1. The highest BCUT2D eigenvalue weighted by molar-refractivity contribution is 7.98. The minimum absolute atomic E-state index is 0.218. The van der Waals surface area contributed by atoms with Crippen molar-refractivity contribution in [1.82, 2.24) is 16.0 Å². The molecule has 0 saturated heterocycles. The van der Waals surface area contributed by atoms with Crippen LogP contribution in [-0.4, -0.2) is 87.9 Å². The molecule has 0 rings (SSSR count). The number of nitrogens with two attached hydrogens (primary N) is 1. The van der Waals surface area contributed by atoms with Gasteiger partial charge in [0.1, 0.15) is 24.2 Å². The average molecular weight is 408 g/mol. The molecule has 0 aliphatic heterocycles. The summed E-state index contributed by atoms with van der Waals surface area (Å²) in [5, 5.41) is 34.4. The Kier molecular flexibility index (Phi) is 11.6. The van der Waals surface area contributed by atoms with E-state index in [-0.39, 0.29) is 6.42 Å². The first kappa shape index (κ1) is 25.1. The van der Waals surface area contributed by atoms with E-state index in [4.69, 9.17) is 10.8 Å².